The third kappa shape index (κ3) is 1.85. The molecule has 0 aliphatic carbocycles. The van der Waals surface area contributed by atoms with Crippen LogP contribution in [0.4, 0.5) is 0 Å². The van der Waals surface area contributed by atoms with Crippen molar-refractivity contribution in [2.45, 2.75) is 6.92 Å². The summed E-state index contributed by atoms with van der Waals surface area (Å²) in [5.74, 6) is 0. The van der Waals surface area contributed by atoms with Crippen molar-refractivity contribution in [3.8, 4) is 6.07 Å². The molecule has 0 saturated heterocycles. The van der Waals surface area contributed by atoms with E-state index in [0.717, 1.165) is 9.13 Å². The molecule has 11 heavy (non-hydrogen) atoms. The van der Waals surface area contributed by atoms with E-state index in [1.165, 1.54) is 0 Å². The van der Waals surface area contributed by atoms with Gasteiger partial charge in [0.2, 0.25) is 0 Å². The maximum absolute atomic E-state index is 8.65. The van der Waals surface area contributed by atoms with E-state index in [2.05, 4.69) is 28.7 Å². The molecule has 1 aromatic rings. The van der Waals surface area contributed by atoms with Crippen LogP contribution in [-0.2, 0) is 0 Å². The summed E-state index contributed by atoms with van der Waals surface area (Å²) in [7, 11) is 0. The SMILES string of the molecule is Cc1cc(Cl)cc(C#N)c1I. The van der Waals surface area contributed by atoms with Crippen LogP contribution in [0.3, 0.4) is 0 Å². The zero-order valence-corrected chi connectivity index (χ0v) is 8.77. The van der Waals surface area contributed by atoms with Crippen LogP contribution in [0.25, 0.3) is 0 Å². The van der Waals surface area contributed by atoms with Crippen molar-refractivity contribution in [2.75, 3.05) is 0 Å². The Morgan fingerprint density at radius 1 is 1.55 bits per heavy atom. The van der Waals surface area contributed by atoms with Crippen molar-refractivity contribution >= 4 is 34.2 Å². The second-order valence-corrected chi connectivity index (χ2v) is 3.71. The zero-order valence-electron chi connectivity index (χ0n) is 5.86. The maximum atomic E-state index is 8.65. The second kappa shape index (κ2) is 3.42. The molecule has 0 N–H and O–H groups in total. The molecular weight excluding hydrogens is 272 g/mol. The molecule has 56 valence electrons. The van der Waals surface area contributed by atoms with Gasteiger partial charge in [-0.25, -0.2) is 0 Å². The number of benzene rings is 1. The fourth-order valence-corrected chi connectivity index (χ4v) is 1.51. The van der Waals surface area contributed by atoms with Gasteiger partial charge in [0.1, 0.15) is 6.07 Å². The number of rotatable bonds is 0. The van der Waals surface area contributed by atoms with Crippen molar-refractivity contribution < 1.29 is 0 Å². The monoisotopic (exact) mass is 277 g/mol. The van der Waals surface area contributed by atoms with E-state index in [0.29, 0.717) is 10.6 Å². The highest BCUT2D eigenvalue weighted by Crippen LogP contribution is 2.21. The first-order valence-electron chi connectivity index (χ1n) is 3.01. The number of hydrogen-bond donors (Lipinski definition) is 0. The first-order chi connectivity index (χ1) is 5.15. The quantitative estimate of drug-likeness (QED) is 0.668. The molecule has 0 unspecified atom stereocenters. The van der Waals surface area contributed by atoms with Crippen LogP contribution >= 0.6 is 34.2 Å². The lowest BCUT2D eigenvalue weighted by Crippen LogP contribution is -1.85. The van der Waals surface area contributed by atoms with Gasteiger partial charge in [0.05, 0.1) is 5.56 Å². The molecule has 0 atom stereocenters. The summed E-state index contributed by atoms with van der Waals surface area (Å²) in [4.78, 5) is 0. The Bertz CT molecular complexity index is 328. The van der Waals surface area contributed by atoms with Gasteiger partial charge in [0, 0.05) is 8.59 Å². The van der Waals surface area contributed by atoms with Gasteiger partial charge in [0.25, 0.3) is 0 Å². The first kappa shape index (κ1) is 8.82. The molecule has 0 radical (unpaired) electrons. The molecule has 0 bridgehead atoms. The van der Waals surface area contributed by atoms with Crippen LogP contribution in [-0.4, -0.2) is 0 Å². The van der Waals surface area contributed by atoms with Crippen molar-refractivity contribution in [1.82, 2.24) is 0 Å². The minimum atomic E-state index is 0.625. The summed E-state index contributed by atoms with van der Waals surface area (Å²) in [6.45, 7) is 1.94. The summed E-state index contributed by atoms with van der Waals surface area (Å²) in [5.41, 5.74) is 1.70. The molecule has 0 fully saturated rings. The Kier molecular flexibility index (Phi) is 2.74. The molecule has 0 heterocycles. The summed E-state index contributed by atoms with van der Waals surface area (Å²) >= 11 is 7.89. The van der Waals surface area contributed by atoms with Gasteiger partial charge in [-0.1, -0.05) is 11.6 Å². The van der Waals surface area contributed by atoms with Crippen molar-refractivity contribution in [3.05, 3.63) is 31.9 Å². The molecule has 1 aromatic carbocycles. The van der Waals surface area contributed by atoms with Crippen LogP contribution in [0.15, 0.2) is 12.1 Å². The van der Waals surface area contributed by atoms with Gasteiger partial charge < -0.3 is 0 Å². The fourth-order valence-electron chi connectivity index (χ4n) is 0.807. The van der Waals surface area contributed by atoms with Crippen molar-refractivity contribution in [2.24, 2.45) is 0 Å². The number of nitriles is 1. The Morgan fingerprint density at radius 2 is 2.18 bits per heavy atom. The molecule has 0 amide bonds. The Hall–Kier alpha value is -0.270. The second-order valence-electron chi connectivity index (χ2n) is 2.20. The van der Waals surface area contributed by atoms with Gasteiger partial charge in [-0.3, -0.25) is 0 Å². The fraction of sp³-hybridized carbons (Fsp3) is 0.125. The van der Waals surface area contributed by atoms with Crippen LogP contribution in [0, 0.1) is 21.8 Å². The average molecular weight is 277 g/mol. The topological polar surface area (TPSA) is 23.8 Å². The summed E-state index contributed by atoms with van der Waals surface area (Å²) in [5, 5.41) is 9.28. The standard InChI is InChI=1S/C8H5ClIN/c1-5-2-7(9)3-6(4-11)8(5)10/h2-3H,1H3. The lowest BCUT2D eigenvalue weighted by Gasteiger charge is -1.99. The molecule has 1 nitrogen and oxygen atoms in total. The lowest BCUT2D eigenvalue weighted by molar-refractivity contribution is 1.38. The van der Waals surface area contributed by atoms with E-state index in [1.54, 1.807) is 6.07 Å². The van der Waals surface area contributed by atoms with Crippen LogP contribution in [0.2, 0.25) is 5.02 Å². The Labute approximate surface area is 84.1 Å². The molecule has 3 heteroatoms. The van der Waals surface area contributed by atoms with Crippen LogP contribution in [0.1, 0.15) is 11.1 Å². The van der Waals surface area contributed by atoms with E-state index in [-0.39, 0.29) is 0 Å². The number of hydrogen-bond acceptors (Lipinski definition) is 1. The van der Waals surface area contributed by atoms with Crippen molar-refractivity contribution in [3.63, 3.8) is 0 Å². The number of aryl methyl sites for hydroxylation is 1. The molecule has 0 aliphatic heterocycles. The first-order valence-corrected chi connectivity index (χ1v) is 4.46. The van der Waals surface area contributed by atoms with E-state index in [1.807, 2.05) is 13.0 Å². The molecule has 0 aliphatic rings. The van der Waals surface area contributed by atoms with Crippen LogP contribution in [0.5, 0.6) is 0 Å². The summed E-state index contributed by atoms with van der Waals surface area (Å²) in [6.07, 6.45) is 0. The van der Waals surface area contributed by atoms with E-state index in [4.69, 9.17) is 16.9 Å². The zero-order chi connectivity index (χ0) is 8.43. The van der Waals surface area contributed by atoms with E-state index >= 15 is 0 Å². The predicted molar refractivity (Wildman–Crippen MR) is 53.6 cm³/mol. The Balaban J connectivity index is 3.39. The van der Waals surface area contributed by atoms with Gasteiger partial charge in [-0.05, 0) is 47.2 Å². The Morgan fingerprint density at radius 3 is 2.73 bits per heavy atom. The smallest absolute Gasteiger partial charge is 0.100 e. The molecule has 0 spiro atoms. The maximum Gasteiger partial charge on any atom is 0.100 e. The minimum absolute atomic E-state index is 0.625. The largest absolute Gasteiger partial charge is 0.192 e. The highest BCUT2D eigenvalue weighted by Gasteiger charge is 2.02. The summed E-state index contributed by atoms with van der Waals surface area (Å²) in [6, 6.07) is 5.61. The predicted octanol–water partition coefficient (Wildman–Crippen LogP) is 3.12. The van der Waals surface area contributed by atoms with E-state index in [9.17, 15) is 0 Å². The molecule has 1 rings (SSSR count). The van der Waals surface area contributed by atoms with E-state index < -0.39 is 0 Å². The number of halogens is 2. The van der Waals surface area contributed by atoms with Gasteiger partial charge >= 0.3 is 0 Å². The van der Waals surface area contributed by atoms with Gasteiger partial charge in [-0.2, -0.15) is 5.26 Å². The average Bonchev–Trinajstić information content (AvgIpc) is 1.96. The third-order valence-electron chi connectivity index (χ3n) is 1.34. The van der Waals surface area contributed by atoms with Crippen molar-refractivity contribution in [1.29, 1.82) is 5.26 Å². The molecular formula is C8H5ClIN. The lowest BCUT2D eigenvalue weighted by atomic mass is 10.2. The highest BCUT2D eigenvalue weighted by atomic mass is 127. The van der Waals surface area contributed by atoms with Gasteiger partial charge in [0.15, 0.2) is 0 Å². The van der Waals surface area contributed by atoms with Gasteiger partial charge in [-0.15, -0.1) is 0 Å². The molecule has 0 aromatic heterocycles. The third-order valence-corrected chi connectivity index (χ3v) is 2.99. The van der Waals surface area contributed by atoms with Crippen LogP contribution < -0.4 is 0 Å². The molecule has 0 saturated carbocycles. The minimum Gasteiger partial charge on any atom is -0.192 e. The normalized spacial score (nSPS) is 9.27. The highest BCUT2D eigenvalue weighted by molar-refractivity contribution is 14.1. The number of nitrogens with zero attached hydrogens (tertiary/aromatic N) is 1. The summed E-state index contributed by atoms with van der Waals surface area (Å²) < 4.78 is 0.981.